The van der Waals surface area contributed by atoms with Crippen molar-refractivity contribution in [3.05, 3.63) is 35.4 Å². The molecule has 0 bridgehead atoms. The summed E-state index contributed by atoms with van der Waals surface area (Å²) in [7, 11) is 0. The zero-order chi connectivity index (χ0) is 15.3. The molecule has 2 amide bonds. The number of nitrogens with two attached hydrogens (primary N) is 1. The number of primary amides is 1. The second-order valence-corrected chi connectivity index (χ2v) is 4.26. The summed E-state index contributed by atoms with van der Waals surface area (Å²) in [6, 6.07) is 8.18. The summed E-state index contributed by atoms with van der Waals surface area (Å²) in [5.41, 5.74) is 5.70. The molecule has 20 heavy (non-hydrogen) atoms. The zero-order valence-corrected chi connectivity index (χ0v) is 11.2. The molecule has 0 fully saturated rings. The molecule has 0 aromatic heterocycles. The molecule has 0 aliphatic carbocycles. The van der Waals surface area contributed by atoms with Crippen molar-refractivity contribution in [2.75, 3.05) is 0 Å². The van der Waals surface area contributed by atoms with Gasteiger partial charge in [0.05, 0.1) is 12.1 Å². The Morgan fingerprint density at radius 1 is 1.05 bits per heavy atom. The van der Waals surface area contributed by atoms with E-state index in [2.05, 4.69) is 0 Å². The van der Waals surface area contributed by atoms with Gasteiger partial charge in [-0.2, -0.15) is 10.5 Å². The summed E-state index contributed by atoms with van der Waals surface area (Å²) in [4.78, 5) is 24.5. The van der Waals surface area contributed by atoms with Gasteiger partial charge in [0.25, 0.3) is 5.91 Å². The molecule has 1 aromatic rings. The molecule has 6 heteroatoms. The van der Waals surface area contributed by atoms with E-state index in [0.717, 1.165) is 0 Å². The molecular weight excluding hydrogens is 256 g/mol. The van der Waals surface area contributed by atoms with E-state index in [1.165, 1.54) is 29.2 Å². The van der Waals surface area contributed by atoms with E-state index in [9.17, 15) is 9.59 Å². The fourth-order valence-corrected chi connectivity index (χ4v) is 1.74. The molecule has 2 unspecified atom stereocenters. The van der Waals surface area contributed by atoms with Crippen LogP contribution in [-0.4, -0.2) is 28.8 Å². The molecule has 102 valence electrons. The first-order valence-corrected chi connectivity index (χ1v) is 5.94. The van der Waals surface area contributed by atoms with Crippen molar-refractivity contribution in [3.63, 3.8) is 0 Å². The van der Waals surface area contributed by atoms with Crippen molar-refractivity contribution in [2.24, 2.45) is 5.73 Å². The third-order valence-corrected chi connectivity index (χ3v) is 2.86. The number of rotatable bonds is 4. The predicted molar refractivity (Wildman–Crippen MR) is 71.3 cm³/mol. The van der Waals surface area contributed by atoms with Crippen LogP contribution in [0, 0.1) is 22.7 Å². The maximum atomic E-state index is 12.3. The minimum atomic E-state index is -0.729. The standard InChI is InChI=1S/C14H14N4O2/c1-9(7-15)18(10(2)8-16)14(20)12-5-3-11(4-6-12)13(17)19/h3-6,9-10H,1-2H3,(H2,17,19). The van der Waals surface area contributed by atoms with E-state index < -0.39 is 23.9 Å². The fraction of sp³-hybridized carbons (Fsp3) is 0.286. The van der Waals surface area contributed by atoms with E-state index in [1.54, 1.807) is 13.8 Å². The average molecular weight is 270 g/mol. The molecule has 1 aromatic carbocycles. The smallest absolute Gasteiger partial charge is 0.255 e. The van der Waals surface area contributed by atoms with Gasteiger partial charge in [-0.25, -0.2) is 0 Å². The Labute approximate surface area is 117 Å². The third-order valence-electron chi connectivity index (χ3n) is 2.86. The predicted octanol–water partition coefficient (Wildman–Crippen LogP) is 1.05. The summed E-state index contributed by atoms with van der Waals surface area (Å²) >= 11 is 0. The maximum absolute atomic E-state index is 12.3. The molecule has 0 saturated carbocycles. The Kier molecular flexibility index (Phi) is 4.82. The first-order chi connectivity index (χ1) is 9.42. The first-order valence-electron chi connectivity index (χ1n) is 5.94. The van der Waals surface area contributed by atoms with E-state index in [1.807, 2.05) is 12.1 Å². The van der Waals surface area contributed by atoms with E-state index in [4.69, 9.17) is 16.3 Å². The second kappa shape index (κ2) is 6.35. The van der Waals surface area contributed by atoms with Crippen molar-refractivity contribution in [1.29, 1.82) is 10.5 Å². The topological polar surface area (TPSA) is 111 Å². The molecule has 1 rings (SSSR count). The molecule has 2 N–H and O–H groups in total. The monoisotopic (exact) mass is 270 g/mol. The number of carbonyl (C=O) groups is 2. The van der Waals surface area contributed by atoms with Gasteiger partial charge in [-0.15, -0.1) is 0 Å². The van der Waals surface area contributed by atoms with Crippen molar-refractivity contribution in [1.82, 2.24) is 4.90 Å². The minimum absolute atomic E-state index is 0.287. The van der Waals surface area contributed by atoms with Crippen LogP contribution < -0.4 is 5.73 Å². The highest BCUT2D eigenvalue weighted by molar-refractivity contribution is 5.97. The zero-order valence-electron chi connectivity index (χ0n) is 11.2. The lowest BCUT2D eigenvalue weighted by Crippen LogP contribution is -2.43. The Balaban J connectivity index is 3.10. The van der Waals surface area contributed by atoms with Gasteiger partial charge in [-0.3, -0.25) is 9.59 Å². The average Bonchev–Trinajstić information content (AvgIpc) is 2.46. The van der Waals surface area contributed by atoms with Crippen LogP contribution in [0.3, 0.4) is 0 Å². The first kappa shape index (κ1) is 15.2. The van der Waals surface area contributed by atoms with Crippen LogP contribution in [0.1, 0.15) is 34.6 Å². The molecule has 2 atom stereocenters. The van der Waals surface area contributed by atoms with E-state index in [-0.39, 0.29) is 5.56 Å². The minimum Gasteiger partial charge on any atom is -0.366 e. The Morgan fingerprint density at radius 3 is 1.80 bits per heavy atom. The van der Waals surface area contributed by atoms with Crippen LogP contribution >= 0.6 is 0 Å². The lowest BCUT2D eigenvalue weighted by Gasteiger charge is -2.27. The van der Waals surface area contributed by atoms with Crippen LogP contribution in [-0.2, 0) is 0 Å². The molecule has 0 heterocycles. The van der Waals surface area contributed by atoms with Crippen LogP contribution in [0.2, 0.25) is 0 Å². The van der Waals surface area contributed by atoms with E-state index in [0.29, 0.717) is 5.56 Å². The van der Waals surface area contributed by atoms with Gasteiger partial charge in [0.1, 0.15) is 12.1 Å². The highest BCUT2D eigenvalue weighted by atomic mass is 16.2. The summed E-state index contributed by atoms with van der Waals surface area (Å²) in [6.45, 7) is 3.09. The van der Waals surface area contributed by atoms with Gasteiger partial charge >= 0.3 is 0 Å². The number of hydrogen-bond donors (Lipinski definition) is 1. The molecule has 0 aliphatic rings. The number of amides is 2. The third kappa shape index (κ3) is 3.12. The SMILES string of the molecule is CC(C#N)N(C(=O)c1ccc(C(N)=O)cc1)C(C)C#N. The van der Waals surface area contributed by atoms with Crippen molar-refractivity contribution >= 4 is 11.8 Å². The van der Waals surface area contributed by atoms with Gasteiger partial charge in [-0.1, -0.05) is 0 Å². The highest BCUT2D eigenvalue weighted by Gasteiger charge is 2.26. The number of nitrogens with zero attached hydrogens (tertiary/aromatic N) is 3. The van der Waals surface area contributed by atoms with Crippen LogP contribution in [0.4, 0.5) is 0 Å². The molecule has 0 saturated heterocycles. The van der Waals surface area contributed by atoms with Gasteiger partial charge in [0, 0.05) is 11.1 Å². The fourth-order valence-electron chi connectivity index (χ4n) is 1.74. The summed E-state index contributed by atoms with van der Waals surface area (Å²) in [5, 5.41) is 17.9. The Morgan fingerprint density at radius 2 is 1.45 bits per heavy atom. The lowest BCUT2D eigenvalue weighted by atomic mass is 10.1. The largest absolute Gasteiger partial charge is 0.366 e. The molecule has 0 aliphatic heterocycles. The quantitative estimate of drug-likeness (QED) is 0.881. The van der Waals surface area contributed by atoms with Crippen molar-refractivity contribution in [3.8, 4) is 12.1 Å². The molecule has 0 spiro atoms. The summed E-state index contributed by atoms with van der Waals surface area (Å²) in [6.07, 6.45) is 0. The van der Waals surface area contributed by atoms with Gasteiger partial charge in [0.2, 0.25) is 5.91 Å². The molecule has 6 nitrogen and oxygen atoms in total. The molecule has 0 radical (unpaired) electrons. The summed E-state index contributed by atoms with van der Waals surface area (Å²) in [5.74, 6) is -1.03. The van der Waals surface area contributed by atoms with Crippen molar-refractivity contribution < 1.29 is 9.59 Å². The Hall–Kier alpha value is -2.86. The number of benzene rings is 1. The second-order valence-electron chi connectivity index (χ2n) is 4.26. The van der Waals surface area contributed by atoms with Crippen LogP contribution in [0.15, 0.2) is 24.3 Å². The van der Waals surface area contributed by atoms with Crippen LogP contribution in [0.5, 0.6) is 0 Å². The van der Waals surface area contributed by atoms with Crippen molar-refractivity contribution in [2.45, 2.75) is 25.9 Å². The number of carbonyl (C=O) groups excluding carboxylic acids is 2. The van der Waals surface area contributed by atoms with Crippen LogP contribution in [0.25, 0.3) is 0 Å². The molecular formula is C14H14N4O2. The normalized spacial score (nSPS) is 12.6. The maximum Gasteiger partial charge on any atom is 0.255 e. The summed E-state index contributed by atoms with van der Waals surface area (Å²) < 4.78 is 0. The highest BCUT2D eigenvalue weighted by Crippen LogP contribution is 2.13. The van der Waals surface area contributed by atoms with Gasteiger partial charge in [-0.05, 0) is 38.1 Å². The number of hydrogen-bond acceptors (Lipinski definition) is 4. The van der Waals surface area contributed by atoms with E-state index >= 15 is 0 Å². The van der Waals surface area contributed by atoms with Gasteiger partial charge in [0.15, 0.2) is 0 Å². The number of nitriles is 2. The lowest BCUT2D eigenvalue weighted by molar-refractivity contribution is 0.0697. The van der Waals surface area contributed by atoms with Gasteiger partial charge < -0.3 is 10.6 Å². The Bertz CT molecular complexity index is 575.